The average Bonchev–Trinajstić information content (AvgIpc) is 2.76. The highest BCUT2D eigenvalue weighted by atomic mass is 16.3. The van der Waals surface area contributed by atoms with Crippen LogP contribution >= 0.6 is 0 Å². The Morgan fingerprint density at radius 3 is 2.40 bits per heavy atom. The van der Waals surface area contributed by atoms with E-state index in [0.29, 0.717) is 46.3 Å². The van der Waals surface area contributed by atoms with Crippen LogP contribution in [0.3, 0.4) is 0 Å². The van der Waals surface area contributed by atoms with Crippen molar-refractivity contribution in [3.05, 3.63) is 87.0 Å². The minimum atomic E-state index is -0.628. The van der Waals surface area contributed by atoms with Crippen LogP contribution in [0.25, 0.3) is 0 Å². The van der Waals surface area contributed by atoms with Gasteiger partial charge in [0.2, 0.25) is 0 Å². The van der Waals surface area contributed by atoms with Crippen LogP contribution < -0.4 is 0 Å². The third kappa shape index (κ3) is 2.57. The lowest BCUT2D eigenvalue weighted by Gasteiger charge is -2.36. The number of carbonyl (C=O) groups excluding carboxylic acids is 3. The topological polar surface area (TPSA) is 95.2 Å². The van der Waals surface area contributed by atoms with Crippen molar-refractivity contribution in [1.29, 1.82) is 5.26 Å². The SMILES string of the molecule is N#Cc1ccc(C2C3=C(CCCC3=O)CC3=C2C(=O)c2cc(O)ccc2C3=O)cc1. The molecular weight excluding hydrogens is 378 g/mol. The van der Waals surface area contributed by atoms with Crippen molar-refractivity contribution in [3.63, 3.8) is 0 Å². The van der Waals surface area contributed by atoms with Gasteiger partial charge in [0.25, 0.3) is 0 Å². The van der Waals surface area contributed by atoms with Crippen molar-refractivity contribution in [2.45, 2.75) is 31.6 Å². The number of benzene rings is 2. The van der Waals surface area contributed by atoms with Gasteiger partial charge in [-0.15, -0.1) is 0 Å². The minimum absolute atomic E-state index is 0.0131. The Morgan fingerprint density at radius 2 is 1.67 bits per heavy atom. The Bertz CT molecular complexity index is 1260. The monoisotopic (exact) mass is 395 g/mol. The van der Waals surface area contributed by atoms with Gasteiger partial charge >= 0.3 is 0 Å². The van der Waals surface area contributed by atoms with Gasteiger partial charge in [-0.05, 0) is 55.2 Å². The van der Waals surface area contributed by atoms with Crippen molar-refractivity contribution in [3.8, 4) is 11.8 Å². The molecule has 30 heavy (non-hydrogen) atoms. The molecule has 1 unspecified atom stereocenters. The number of phenolic OH excluding ortho intramolecular Hbond substituents is 1. The highest BCUT2D eigenvalue weighted by Gasteiger charge is 2.44. The van der Waals surface area contributed by atoms with E-state index in [1.54, 1.807) is 24.3 Å². The first kappa shape index (κ1) is 18.3. The normalized spacial score (nSPS) is 20.5. The maximum absolute atomic E-state index is 13.5. The van der Waals surface area contributed by atoms with E-state index in [-0.39, 0.29) is 28.7 Å². The third-order valence-electron chi connectivity index (χ3n) is 6.24. The lowest BCUT2D eigenvalue weighted by Crippen LogP contribution is -2.33. The molecule has 0 aromatic heterocycles. The number of phenols is 1. The molecule has 3 aliphatic carbocycles. The molecular formula is C25H17NO4. The second kappa shape index (κ2) is 6.64. The molecule has 0 heterocycles. The molecule has 5 nitrogen and oxygen atoms in total. The summed E-state index contributed by atoms with van der Waals surface area (Å²) >= 11 is 0. The molecule has 0 amide bonds. The van der Waals surface area contributed by atoms with Gasteiger partial charge in [-0.2, -0.15) is 5.26 Å². The zero-order valence-corrected chi connectivity index (χ0v) is 16.1. The van der Waals surface area contributed by atoms with Crippen LogP contribution in [-0.2, 0) is 4.79 Å². The molecule has 2 aromatic rings. The molecule has 2 aromatic carbocycles. The Hall–Kier alpha value is -3.78. The van der Waals surface area contributed by atoms with Crippen molar-refractivity contribution >= 4 is 17.3 Å². The highest BCUT2D eigenvalue weighted by molar-refractivity contribution is 6.28. The molecule has 1 N–H and O–H groups in total. The number of rotatable bonds is 1. The molecule has 0 spiro atoms. The molecule has 3 aliphatic rings. The number of nitrogens with zero attached hydrogens (tertiary/aromatic N) is 1. The van der Waals surface area contributed by atoms with E-state index in [2.05, 4.69) is 6.07 Å². The predicted octanol–water partition coefficient (Wildman–Crippen LogP) is 4.18. The van der Waals surface area contributed by atoms with E-state index in [1.807, 2.05) is 0 Å². The van der Waals surface area contributed by atoms with E-state index in [4.69, 9.17) is 5.26 Å². The van der Waals surface area contributed by atoms with Crippen molar-refractivity contribution in [2.24, 2.45) is 0 Å². The fourth-order valence-electron chi connectivity index (χ4n) is 4.88. The largest absolute Gasteiger partial charge is 0.508 e. The zero-order valence-electron chi connectivity index (χ0n) is 16.1. The van der Waals surface area contributed by atoms with E-state index in [1.165, 1.54) is 18.2 Å². The van der Waals surface area contributed by atoms with Gasteiger partial charge in [0.05, 0.1) is 11.6 Å². The average molecular weight is 395 g/mol. The number of allylic oxidation sites excluding steroid dienone is 4. The van der Waals surface area contributed by atoms with Crippen LogP contribution in [0.15, 0.2) is 64.8 Å². The van der Waals surface area contributed by atoms with Gasteiger partial charge in [0, 0.05) is 40.2 Å². The van der Waals surface area contributed by atoms with E-state index < -0.39 is 5.92 Å². The zero-order chi connectivity index (χ0) is 21.0. The summed E-state index contributed by atoms with van der Waals surface area (Å²) < 4.78 is 0. The van der Waals surface area contributed by atoms with E-state index in [9.17, 15) is 19.5 Å². The smallest absolute Gasteiger partial charge is 0.191 e. The number of nitriles is 1. The number of fused-ring (bicyclic) bond motifs is 1. The molecule has 5 rings (SSSR count). The maximum atomic E-state index is 13.5. The summed E-state index contributed by atoms with van der Waals surface area (Å²) in [5.74, 6) is -1.24. The van der Waals surface area contributed by atoms with Crippen molar-refractivity contribution in [1.82, 2.24) is 0 Å². The second-order valence-corrected chi connectivity index (χ2v) is 7.92. The van der Waals surface area contributed by atoms with Gasteiger partial charge in [0.15, 0.2) is 17.3 Å². The van der Waals surface area contributed by atoms with Gasteiger partial charge in [-0.1, -0.05) is 17.7 Å². The summed E-state index contributed by atoms with van der Waals surface area (Å²) in [5.41, 5.74) is 3.99. The number of hydrogen-bond acceptors (Lipinski definition) is 5. The Morgan fingerprint density at radius 1 is 0.900 bits per heavy atom. The molecule has 5 heteroatoms. The Balaban J connectivity index is 1.75. The fraction of sp³-hybridized carbons (Fsp3) is 0.200. The molecule has 0 saturated heterocycles. The number of ketones is 3. The molecule has 0 radical (unpaired) electrons. The van der Waals surface area contributed by atoms with Crippen molar-refractivity contribution < 1.29 is 19.5 Å². The second-order valence-electron chi connectivity index (χ2n) is 7.92. The number of carbonyl (C=O) groups is 3. The van der Waals surface area contributed by atoms with Crippen LogP contribution in [0.5, 0.6) is 5.75 Å². The Kier molecular flexibility index (Phi) is 4.04. The first-order chi connectivity index (χ1) is 14.5. The quantitative estimate of drug-likeness (QED) is 0.782. The van der Waals surface area contributed by atoms with Crippen LogP contribution in [0.4, 0.5) is 0 Å². The standard InChI is InChI=1S/C25H17NO4/c26-12-13-4-6-14(7-5-13)22-21-15(2-1-3-20(21)28)10-19-23(22)25(30)18-11-16(27)8-9-17(18)24(19)29/h4-9,11,22,27H,1-3,10H2. The molecule has 0 aliphatic heterocycles. The van der Waals surface area contributed by atoms with Gasteiger partial charge < -0.3 is 5.11 Å². The summed E-state index contributed by atoms with van der Waals surface area (Å²) in [6.07, 6.45) is 2.21. The third-order valence-corrected chi connectivity index (χ3v) is 6.24. The molecule has 0 saturated carbocycles. The van der Waals surface area contributed by atoms with E-state index in [0.717, 1.165) is 18.4 Å². The lowest BCUT2D eigenvalue weighted by atomic mass is 9.65. The number of aromatic hydroxyl groups is 1. The van der Waals surface area contributed by atoms with Crippen molar-refractivity contribution in [2.75, 3.05) is 0 Å². The molecule has 146 valence electrons. The van der Waals surface area contributed by atoms with Crippen LogP contribution in [0.1, 0.15) is 63.4 Å². The Labute approximate surface area is 173 Å². The summed E-state index contributed by atoms with van der Waals surface area (Å²) in [6.45, 7) is 0. The molecule has 0 fully saturated rings. The van der Waals surface area contributed by atoms with Gasteiger partial charge in [-0.3, -0.25) is 14.4 Å². The maximum Gasteiger partial charge on any atom is 0.191 e. The number of hydrogen-bond donors (Lipinski definition) is 1. The summed E-state index contributed by atoms with van der Waals surface area (Å²) in [4.78, 5) is 39.8. The first-order valence-corrected chi connectivity index (χ1v) is 9.90. The summed E-state index contributed by atoms with van der Waals surface area (Å²) in [7, 11) is 0. The predicted molar refractivity (Wildman–Crippen MR) is 108 cm³/mol. The highest BCUT2D eigenvalue weighted by Crippen LogP contribution is 2.49. The number of Topliss-reactive ketones (excluding diaryl/α,β-unsaturated/α-hetero) is 3. The van der Waals surface area contributed by atoms with E-state index >= 15 is 0 Å². The molecule has 1 atom stereocenters. The van der Waals surface area contributed by atoms with Crippen LogP contribution in [-0.4, -0.2) is 22.5 Å². The minimum Gasteiger partial charge on any atom is -0.508 e. The van der Waals surface area contributed by atoms with Crippen LogP contribution in [0.2, 0.25) is 0 Å². The van der Waals surface area contributed by atoms with Gasteiger partial charge in [0.1, 0.15) is 5.75 Å². The summed E-state index contributed by atoms with van der Waals surface area (Å²) in [6, 6.07) is 13.1. The van der Waals surface area contributed by atoms with Crippen LogP contribution in [0, 0.1) is 11.3 Å². The fourth-order valence-corrected chi connectivity index (χ4v) is 4.88. The van der Waals surface area contributed by atoms with Gasteiger partial charge in [-0.25, -0.2) is 0 Å². The first-order valence-electron chi connectivity index (χ1n) is 9.90. The lowest BCUT2D eigenvalue weighted by molar-refractivity contribution is -0.116. The summed E-state index contributed by atoms with van der Waals surface area (Å²) in [5, 5.41) is 19.0. The molecule has 0 bridgehead atoms.